The molecule has 1 amide bonds. The summed E-state index contributed by atoms with van der Waals surface area (Å²) in [7, 11) is 0. The fourth-order valence-electron chi connectivity index (χ4n) is 2.36. The fraction of sp³-hybridized carbons (Fsp3) is 0.929. The molecule has 118 valence electrons. The Labute approximate surface area is 119 Å². The van der Waals surface area contributed by atoms with Crippen LogP contribution in [0, 0.1) is 0 Å². The van der Waals surface area contributed by atoms with Crippen LogP contribution in [0.1, 0.15) is 47.5 Å². The highest BCUT2D eigenvalue weighted by atomic mass is 19.3. The lowest BCUT2D eigenvalue weighted by atomic mass is 9.98. The molecule has 1 saturated heterocycles. The SMILES string of the molecule is CC(NC1CCN(C(=O)OC(C)(C)C)C(C)C1)C(F)F. The molecule has 3 atom stereocenters. The van der Waals surface area contributed by atoms with Crippen LogP contribution >= 0.6 is 0 Å². The number of nitrogens with one attached hydrogen (secondary N) is 1. The molecule has 1 N–H and O–H groups in total. The Balaban J connectivity index is 2.49. The molecule has 20 heavy (non-hydrogen) atoms. The molecule has 0 spiro atoms. The molecule has 1 aliphatic heterocycles. The zero-order chi connectivity index (χ0) is 15.5. The number of rotatable bonds is 3. The number of hydrogen-bond acceptors (Lipinski definition) is 3. The largest absolute Gasteiger partial charge is 0.444 e. The van der Waals surface area contributed by atoms with Gasteiger partial charge in [0.1, 0.15) is 5.60 Å². The lowest BCUT2D eigenvalue weighted by Crippen LogP contribution is -2.53. The minimum Gasteiger partial charge on any atom is -0.444 e. The monoisotopic (exact) mass is 292 g/mol. The first-order valence-corrected chi connectivity index (χ1v) is 7.14. The van der Waals surface area contributed by atoms with E-state index < -0.39 is 18.1 Å². The summed E-state index contributed by atoms with van der Waals surface area (Å²) in [6, 6.07) is -0.811. The van der Waals surface area contributed by atoms with Crippen molar-refractivity contribution < 1.29 is 18.3 Å². The standard InChI is InChI=1S/C14H26F2N2O2/c1-9-8-11(17-10(2)12(15)16)6-7-18(9)13(19)20-14(3,4)5/h9-12,17H,6-8H2,1-5H3. The summed E-state index contributed by atoms with van der Waals surface area (Å²) < 4.78 is 30.4. The third-order valence-electron chi connectivity index (χ3n) is 3.38. The number of ether oxygens (including phenoxy) is 1. The van der Waals surface area contributed by atoms with Crippen molar-refractivity contribution in [3.05, 3.63) is 0 Å². The molecule has 0 bridgehead atoms. The highest BCUT2D eigenvalue weighted by Gasteiger charge is 2.32. The van der Waals surface area contributed by atoms with Crippen molar-refractivity contribution in [1.29, 1.82) is 0 Å². The topological polar surface area (TPSA) is 41.6 Å². The van der Waals surface area contributed by atoms with Crippen LogP contribution < -0.4 is 5.32 Å². The van der Waals surface area contributed by atoms with E-state index in [9.17, 15) is 13.6 Å². The second kappa shape index (κ2) is 6.70. The molecule has 0 radical (unpaired) electrons. The molecule has 4 nitrogen and oxygen atoms in total. The number of carbonyl (C=O) groups excluding carboxylic acids is 1. The maximum absolute atomic E-state index is 12.5. The summed E-state index contributed by atoms with van der Waals surface area (Å²) in [4.78, 5) is 13.7. The van der Waals surface area contributed by atoms with E-state index in [4.69, 9.17) is 4.74 Å². The van der Waals surface area contributed by atoms with Crippen molar-refractivity contribution in [2.45, 2.75) is 77.6 Å². The fourth-order valence-corrected chi connectivity index (χ4v) is 2.36. The molecule has 1 fully saturated rings. The van der Waals surface area contributed by atoms with Gasteiger partial charge in [0.2, 0.25) is 0 Å². The lowest BCUT2D eigenvalue weighted by molar-refractivity contribution is 0.00736. The molecule has 1 aliphatic rings. The number of likely N-dealkylation sites (tertiary alicyclic amines) is 1. The van der Waals surface area contributed by atoms with Gasteiger partial charge in [-0.2, -0.15) is 0 Å². The molecular formula is C14H26F2N2O2. The summed E-state index contributed by atoms with van der Waals surface area (Å²) in [5.74, 6) is 0. The van der Waals surface area contributed by atoms with Crippen LogP contribution in [0.25, 0.3) is 0 Å². The maximum Gasteiger partial charge on any atom is 0.410 e. The van der Waals surface area contributed by atoms with Gasteiger partial charge in [0, 0.05) is 18.6 Å². The molecule has 0 saturated carbocycles. The zero-order valence-electron chi connectivity index (χ0n) is 13.0. The van der Waals surface area contributed by atoms with Gasteiger partial charge in [0.05, 0.1) is 6.04 Å². The van der Waals surface area contributed by atoms with E-state index >= 15 is 0 Å². The normalized spacial score (nSPS) is 25.7. The van der Waals surface area contributed by atoms with Gasteiger partial charge in [-0.25, -0.2) is 13.6 Å². The summed E-state index contributed by atoms with van der Waals surface area (Å²) in [5, 5.41) is 2.93. The third kappa shape index (κ3) is 5.23. The van der Waals surface area contributed by atoms with Crippen LogP contribution in [0.3, 0.4) is 0 Å². The summed E-state index contributed by atoms with van der Waals surface area (Å²) in [6.07, 6.45) is -1.36. The van der Waals surface area contributed by atoms with Crippen LogP contribution in [0.15, 0.2) is 0 Å². The van der Waals surface area contributed by atoms with Crippen LogP contribution in [-0.4, -0.2) is 47.7 Å². The number of amides is 1. The second-order valence-corrected chi connectivity index (χ2v) is 6.53. The third-order valence-corrected chi connectivity index (χ3v) is 3.38. The average molecular weight is 292 g/mol. The van der Waals surface area contributed by atoms with Gasteiger partial charge >= 0.3 is 6.09 Å². The number of piperidine rings is 1. The Kier molecular flexibility index (Phi) is 5.74. The maximum atomic E-state index is 12.5. The van der Waals surface area contributed by atoms with Gasteiger partial charge < -0.3 is 15.0 Å². The van der Waals surface area contributed by atoms with E-state index in [1.165, 1.54) is 6.92 Å². The Morgan fingerprint density at radius 1 is 1.40 bits per heavy atom. The van der Waals surface area contributed by atoms with Gasteiger partial charge in [-0.15, -0.1) is 0 Å². The van der Waals surface area contributed by atoms with Crippen LogP contribution in [-0.2, 0) is 4.74 Å². The summed E-state index contributed by atoms with van der Waals surface area (Å²) in [6.45, 7) is 9.42. The van der Waals surface area contributed by atoms with E-state index in [0.717, 1.165) is 0 Å². The van der Waals surface area contributed by atoms with E-state index in [0.29, 0.717) is 19.4 Å². The van der Waals surface area contributed by atoms with Gasteiger partial charge in [-0.1, -0.05) is 0 Å². The molecule has 0 aromatic heterocycles. The number of hydrogen-bond donors (Lipinski definition) is 1. The first-order chi connectivity index (χ1) is 9.10. The predicted octanol–water partition coefficient (Wildman–Crippen LogP) is 3.02. The zero-order valence-corrected chi connectivity index (χ0v) is 13.0. The molecule has 0 aromatic rings. The van der Waals surface area contributed by atoms with E-state index in [2.05, 4.69) is 5.32 Å². The van der Waals surface area contributed by atoms with E-state index in [1.807, 2.05) is 27.7 Å². The van der Waals surface area contributed by atoms with Gasteiger partial charge in [-0.3, -0.25) is 0 Å². The molecule has 0 aromatic carbocycles. The minimum atomic E-state index is -2.37. The van der Waals surface area contributed by atoms with Crippen molar-refractivity contribution in [3.8, 4) is 0 Å². The van der Waals surface area contributed by atoms with Crippen molar-refractivity contribution in [2.24, 2.45) is 0 Å². The Bertz CT molecular complexity index is 332. The van der Waals surface area contributed by atoms with Crippen molar-refractivity contribution in [1.82, 2.24) is 10.2 Å². The molecular weight excluding hydrogens is 266 g/mol. The predicted molar refractivity (Wildman–Crippen MR) is 74.0 cm³/mol. The minimum absolute atomic E-state index is 0.0130. The molecule has 3 unspecified atom stereocenters. The van der Waals surface area contributed by atoms with E-state index in [1.54, 1.807) is 4.90 Å². The molecule has 0 aliphatic carbocycles. The molecule has 1 rings (SSSR count). The quantitative estimate of drug-likeness (QED) is 0.869. The highest BCUT2D eigenvalue weighted by molar-refractivity contribution is 5.68. The first-order valence-electron chi connectivity index (χ1n) is 7.14. The smallest absolute Gasteiger partial charge is 0.410 e. The van der Waals surface area contributed by atoms with E-state index in [-0.39, 0.29) is 18.2 Å². The molecule has 6 heteroatoms. The number of alkyl halides is 2. The van der Waals surface area contributed by atoms with Gasteiger partial charge in [0.15, 0.2) is 0 Å². The van der Waals surface area contributed by atoms with Crippen LogP contribution in [0.5, 0.6) is 0 Å². The van der Waals surface area contributed by atoms with Crippen molar-refractivity contribution >= 4 is 6.09 Å². The first kappa shape index (κ1) is 17.1. The van der Waals surface area contributed by atoms with Gasteiger partial charge in [-0.05, 0) is 47.5 Å². The Hall–Kier alpha value is -0.910. The lowest BCUT2D eigenvalue weighted by Gasteiger charge is -2.39. The Morgan fingerprint density at radius 3 is 2.45 bits per heavy atom. The number of nitrogens with zero attached hydrogens (tertiary/aromatic N) is 1. The number of halogens is 2. The average Bonchev–Trinajstić information content (AvgIpc) is 2.26. The van der Waals surface area contributed by atoms with Gasteiger partial charge in [0.25, 0.3) is 6.43 Å². The van der Waals surface area contributed by atoms with Crippen molar-refractivity contribution in [2.75, 3.05) is 6.54 Å². The van der Waals surface area contributed by atoms with Crippen LogP contribution in [0.4, 0.5) is 13.6 Å². The van der Waals surface area contributed by atoms with Crippen molar-refractivity contribution in [3.63, 3.8) is 0 Å². The summed E-state index contributed by atoms with van der Waals surface area (Å²) in [5.41, 5.74) is -0.518. The molecule has 1 heterocycles. The highest BCUT2D eigenvalue weighted by Crippen LogP contribution is 2.21. The summed E-state index contributed by atoms with van der Waals surface area (Å²) >= 11 is 0. The number of carbonyl (C=O) groups is 1. The second-order valence-electron chi connectivity index (χ2n) is 6.53. The Morgan fingerprint density at radius 2 is 2.00 bits per heavy atom. The van der Waals surface area contributed by atoms with Crippen LogP contribution in [0.2, 0.25) is 0 Å².